The van der Waals surface area contributed by atoms with Gasteiger partial charge in [-0.15, -0.1) is 11.3 Å². The third kappa shape index (κ3) is 2.56. The Balaban J connectivity index is 1.81. The highest BCUT2D eigenvalue weighted by Gasteiger charge is 2.21. The number of ether oxygens (including phenoxy) is 1. The van der Waals surface area contributed by atoms with Gasteiger partial charge < -0.3 is 10.1 Å². The number of aryl methyl sites for hydroxylation is 1. The first-order valence-corrected chi connectivity index (χ1v) is 7.67. The van der Waals surface area contributed by atoms with E-state index in [4.69, 9.17) is 4.74 Å². The highest BCUT2D eigenvalue weighted by Crippen LogP contribution is 2.35. The Kier molecular flexibility index (Phi) is 3.74. The number of rotatable bonds is 3. The average molecular weight is 287 g/mol. The van der Waals surface area contributed by atoms with Gasteiger partial charge in [0, 0.05) is 10.6 Å². The van der Waals surface area contributed by atoms with Crippen LogP contribution in [0.4, 0.5) is 5.69 Å². The molecule has 0 bridgehead atoms. The molecule has 104 valence electrons. The maximum atomic E-state index is 11.6. The van der Waals surface area contributed by atoms with Gasteiger partial charge in [0.05, 0.1) is 18.7 Å². The van der Waals surface area contributed by atoms with Crippen molar-refractivity contribution in [3.05, 3.63) is 51.7 Å². The summed E-state index contributed by atoms with van der Waals surface area (Å²) < 4.78 is 4.76. The van der Waals surface area contributed by atoms with Crippen LogP contribution in [0.3, 0.4) is 0 Å². The molecule has 1 aromatic heterocycles. The van der Waals surface area contributed by atoms with Gasteiger partial charge in [-0.05, 0) is 54.5 Å². The summed E-state index contributed by atoms with van der Waals surface area (Å²) in [7, 11) is 1.40. The molecule has 1 aliphatic carbocycles. The molecule has 0 amide bonds. The van der Waals surface area contributed by atoms with Crippen LogP contribution in [0.1, 0.15) is 39.7 Å². The third-order valence-corrected chi connectivity index (χ3v) is 4.67. The van der Waals surface area contributed by atoms with Crippen molar-refractivity contribution in [2.24, 2.45) is 0 Å². The number of methoxy groups -OCH3 is 1. The van der Waals surface area contributed by atoms with Crippen LogP contribution in [0, 0.1) is 0 Å². The van der Waals surface area contributed by atoms with Crippen LogP contribution in [0.25, 0.3) is 0 Å². The van der Waals surface area contributed by atoms with Gasteiger partial charge in [0.2, 0.25) is 0 Å². The molecule has 1 aromatic carbocycles. The summed E-state index contributed by atoms with van der Waals surface area (Å²) in [6.45, 7) is 0. The molecule has 0 saturated carbocycles. The molecule has 1 N–H and O–H groups in total. The summed E-state index contributed by atoms with van der Waals surface area (Å²) >= 11 is 1.84. The smallest absolute Gasteiger partial charge is 0.337 e. The van der Waals surface area contributed by atoms with Crippen molar-refractivity contribution in [2.75, 3.05) is 12.4 Å². The number of hydrogen-bond donors (Lipinski definition) is 1. The number of fused-ring (bicyclic) bond motifs is 1. The van der Waals surface area contributed by atoms with E-state index in [-0.39, 0.29) is 5.97 Å². The molecule has 1 heterocycles. The predicted molar refractivity (Wildman–Crippen MR) is 81.4 cm³/mol. The third-order valence-electron chi connectivity index (χ3n) is 3.68. The van der Waals surface area contributed by atoms with Crippen molar-refractivity contribution in [2.45, 2.75) is 25.3 Å². The first-order valence-electron chi connectivity index (χ1n) is 6.79. The van der Waals surface area contributed by atoms with Crippen molar-refractivity contribution in [1.82, 2.24) is 0 Å². The van der Waals surface area contributed by atoms with Crippen LogP contribution in [0.15, 0.2) is 35.7 Å². The second-order valence-corrected chi connectivity index (χ2v) is 5.96. The molecule has 3 nitrogen and oxygen atoms in total. The van der Waals surface area contributed by atoms with Crippen molar-refractivity contribution in [3.8, 4) is 0 Å². The van der Waals surface area contributed by atoms with E-state index in [2.05, 4.69) is 16.8 Å². The van der Waals surface area contributed by atoms with E-state index in [0.717, 1.165) is 12.1 Å². The summed E-state index contributed by atoms with van der Waals surface area (Å²) in [5.41, 5.74) is 2.96. The Bertz CT molecular complexity index is 620. The van der Waals surface area contributed by atoms with Gasteiger partial charge in [-0.1, -0.05) is 6.07 Å². The second-order valence-electron chi connectivity index (χ2n) is 4.96. The highest BCUT2D eigenvalue weighted by molar-refractivity contribution is 7.10. The Hall–Kier alpha value is -1.81. The minimum absolute atomic E-state index is 0.298. The minimum atomic E-state index is -0.298. The van der Waals surface area contributed by atoms with Gasteiger partial charge in [-0.2, -0.15) is 0 Å². The van der Waals surface area contributed by atoms with Gasteiger partial charge in [0.25, 0.3) is 0 Å². The second kappa shape index (κ2) is 5.67. The fourth-order valence-electron chi connectivity index (χ4n) is 2.69. The highest BCUT2D eigenvalue weighted by atomic mass is 32.1. The molecule has 0 fully saturated rings. The number of thiophene rings is 1. The van der Waals surface area contributed by atoms with Crippen molar-refractivity contribution in [1.29, 1.82) is 0 Å². The fourth-order valence-corrected chi connectivity index (χ4v) is 3.68. The number of esters is 1. The Labute approximate surface area is 122 Å². The number of carbonyl (C=O) groups excluding carboxylic acids is 1. The summed E-state index contributed by atoms with van der Waals surface area (Å²) in [6.07, 6.45) is 3.53. The lowest BCUT2D eigenvalue weighted by atomic mass is 9.94. The number of carbonyl (C=O) groups is 1. The van der Waals surface area contributed by atoms with Gasteiger partial charge in [-0.25, -0.2) is 4.79 Å². The van der Waals surface area contributed by atoms with Crippen LogP contribution in [0.5, 0.6) is 0 Å². The molecular formula is C16H17NO2S. The summed E-state index contributed by atoms with van der Waals surface area (Å²) in [5, 5.41) is 5.70. The molecule has 0 saturated heterocycles. The number of benzene rings is 1. The normalized spacial score (nSPS) is 17.4. The molecule has 1 atom stereocenters. The molecular weight excluding hydrogens is 270 g/mol. The number of nitrogens with one attached hydrogen (secondary N) is 1. The Morgan fingerprint density at radius 3 is 3.15 bits per heavy atom. The zero-order valence-corrected chi connectivity index (χ0v) is 12.2. The topological polar surface area (TPSA) is 38.3 Å². The van der Waals surface area contributed by atoms with E-state index in [9.17, 15) is 4.79 Å². The van der Waals surface area contributed by atoms with E-state index in [1.165, 1.54) is 30.4 Å². The molecule has 0 aliphatic heterocycles. The first-order chi connectivity index (χ1) is 9.78. The quantitative estimate of drug-likeness (QED) is 0.866. The van der Waals surface area contributed by atoms with Crippen molar-refractivity contribution >= 4 is 23.0 Å². The maximum Gasteiger partial charge on any atom is 0.337 e. The Morgan fingerprint density at radius 1 is 1.40 bits per heavy atom. The largest absolute Gasteiger partial charge is 0.465 e. The number of anilines is 1. The standard InChI is InChI=1S/C16H17NO2S/c1-19-16(18)11-4-2-5-12(10-11)17-14-6-3-7-15-13(14)8-9-20-15/h2,4-5,8-10,14,17H,3,6-7H2,1H3. The molecule has 1 aliphatic rings. The molecule has 0 spiro atoms. The summed E-state index contributed by atoms with van der Waals surface area (Å²) in [5.74, 6) is -0.298. The van der Waals surface area contributed by atoms with E-state index in [1.807, 2.05) is 29.5 Å². The van der Waals surface area contributed by atoms with Crippen LogP contribution in [-0.4, -0.2) is 13.1 Å². The molecule has 3 rings (SSSR count). The lowest BCUT2D eigenvalue weighted by Gasteiger charge is -2.24. The average Bonchev–Trinajstić information content (AvgIpc) is 2.96. The van der Waals surface area contributed by atoms with E-state index in [1.54, 1.807) is 6.07 Å². The Morgan fingerprint density at radius 2 is 2.30 bits per heavy atom. The molecule has 2 aromatic rings. The zero-order valence-electron chi connectivity index (χ0n) is 11.4. The fraction of sp³-hybridized carbons (Fsp3) is 0.312. The van der Waals surface area contributed by atoms with Gasteiger partial charge in [-0.3, -0.25) is 0 Å². The van der Waals surface area contributed by atoms with Crippen molar-refractivity contribution < 1.29 is 9.53 Å². The van der Waals surface area contributed by atoms with Gasteiger partial charge in [0.1, 0.15) is 0 Å². The van der Waals surface area contributed by atoms with Gasteiger partial charge in [0.15, 0.2) is 0 Å². The van der Waals surface area contributed by atoms with Gasteiger partial charge >= 0.3 is 5.97 Å². The minimum Gasteiger partial charge on any atom is -0.465 e. The maximum absolute atomic E-state index is 11.6. The summed E-state index contributed by atoms with van der Waals surface area (Å²) in [4.78, 5) is 13.1. The SMILES string of the molecule is COC(=O)c1cccc(NC2CCCc3sccc32)c1. The van der Waals surface area contributed by atoms with E-state index in [0.29, 0.717) is 11.6 Å². The van der Waals surface area contributed by atoms with Crippen LogP contribution >= 0.6 is 11.3 Å². The van der Waals surface area contributed by atoms with E-state index >= 15 is 0 Å². The zero-order chi connectivity index (χ0) is 13.9. The molecule has 4 heteroatoms. The monoisotopic (exact) mass is 287 g/mol. The molecule has 20 heavy (non-hydrogen) atoms. The molecule has 0 radical (unpaired) electrons. The lowest BCUT2D eigenvalue weighted by molar-refractivity contribution is 0.0601. The van der Waals surface area contributed by atoms with Crippen molar-refractivity contribution in [3.63, 3.8) is 0 Å². The van der Waals surface area contributed by atoms with Crippen LogP contribution in [0.2, 0.25) is 0 Å². The first kappa shape index (κ1) is 13.2. The van der Waals surface area contributed by atoms with E-state index < -0.39 is 0 Å². The predicted octanol–water partition coefficient (Wildman–Crippen LogP) is 4.02. The van der Waals surface area contributed by atoms with Crippen LogP contribution < -0.4 is 5.32 Å². The number of hydrogen-bond acceptors (Lipinski definition) is 4. The summed E-state index contributed by atoms with van der Waals surface area (Å²) in [6, 6.07) is 10.1. The lowest BCUT2D eigenvalue weighted by Crippen LogP contribution is -2.15. The molecule has 1 unspecified atom stereocenters. The van der Waals surface area contributed by atoms with Crippen LogP contribution in [-0.2, 0) is 11.2 Å².